The minimum Gasteiger partial charge on any atom is -0.465 e. The highest BCUT2D eigenvalue weighted by atomic mass is 16.5. The summed E-state index contributed by atoms with van der Waals surface area (Å²) in [5.41, 5.74) is 0.972. The molecule has 1 aliphatic rings. The topological polar surface area (TPSA) is 79.5 Å². The van der Waals surface area contributed by atoms with Crippen LogP contribution >= 0.6 is 0 Å². The molecule has 1 aromatic rings. The first kappa shape index (κ1) is 15.3. The Balaban J connectivity index is 1.77. The van der Waals surface area contributed by atoms with Crippen LogP contribution in [0.3, 0.4) is 0 Å². The summed E-state index contributed by atoms with van der Waals surface area (Å²) in [5.74, 6) is -0.425. The lowest BCUT2D eigenvalue weighted by atomic mass is 10.1. The average molecular weight is 291 g/mol. The number of ether oxygens (including phenoxy) is 1. The van der Waals surface area contributed by atoms with E-state index in [-0.39, 0.29) is 6.03 Å². The monoisotopic (exact) mass is 291 g/mol. The minimum atomic E-state index is -0.425. The molecule has 1 fully saturated rings. The van der Waals surface area contributed by atoms with Crippen molar-refractivity contribution in [1.82, 2.24) is 10.6 Å². The van der Waals surface area contributed by atoms with E-state index in [9.17, 15) is 9.59 Å². The van der Waals surface area contributed by atoms with E-state index in [1.807, 2.05) is 0 Å². The fraction of sp³-hybridized carbons (Fsp3) is 0.467. The van der Waals surface area contributed by atoms with Crippen LogP contribution in [0.1, 0.15) is 29.6 Å². The molecule has 3 N–H and O–H groups in total. The van der Waals surface area contributed by atoms with Crippen LogP contribution in [0.2, 0.25) is 0 Å². The van der Waals surface area contributed by atoms with E-state index in [4.69, 9.17) is 0 Å². The highest BCUT2D eigenvalue weighted by Gasteiger charge is 2.13. The van der Waals surface area contributed by atoms with Gasteiger partial charge < -0.3 is 20.7 Å². The van der Waals surface area contributed by atoms with Crippen molar-refractivity contribution in [3.63, 3.8) is 0 Å². The number of hydrogen-bond donors (Lipinski definition) is 3. The SMILES string of the molecule is COC(=O)c1cccc(NC(=O)NCC[C@H]2CCCN2)c1. The smallest absolute Gasteiger partial charge is 0.337 e. The van der Waals surface area contributed by atoms with Gasteiger partial charge in [0.05, 0.1) is 12.7 Å². The molecule has 6 nitrogen and oxygen atoms in total. The van der Waals surface area contributed by atoms with E-state index < -0.39 is 5.97 Å². The molecule has 2 amide bonds. The number of benzene rings is 1. The van der Waals surface area contributed by atoms with Gasteiger partial charge in [-0.15, -0.1) is 0 Å². The largest absolute Gasteiger partial charge is 0.465 e. The standard InChI is InChI=1S/C15H21N3O3/c1-21-14(19)11-4-2-5-13(10-11)18-15(20)17-9-7-12-6-3-8-16-12/h2,4-5,10,12,16H,3,6-9H2,1H3,(H2,17,18,20)/t12-/m1/s1. The van der Waals surface area contributed by atoms with Crippen LogP contribution in [0, 0.1) is 0 Å². The van der Waals surface area contributed by atoms with Crippen molar-refractivity contribution in [3.8, 4) is 0 Å². The second-order valence-electron chi connectivity index (χ2n) is 5.04. The summed E-state index contributed by atoms with van der Waals surface area (Å²) < 4.78 is 4.64. The molecule has 0 aliphatic carbocycles. The Hall–Kier alpha value is -2.08. The molecule has 1 aromatic carbocycles. The Morgan fingerprint density at radius 1 is 1.43 bits per heavy atom. The van der Waals surface area contributed by atoms with Gasteiger partial charge in [-0.3, -0.25) is 0 Å². The van der Waals surface area contributed by atoms with Crippen molar-refractivity contribution in [1.29, 1.82) is 0 Å². The summed E-state index contributed by atoms with van der Waals surface area (Å²) in [5, 5.41) is 8.91. The van der Waals surface area contributed by atoms with Crippen LogP contribution in [-0.2, 0) is 4.74 Å². The first-order chi connectivity index (χ1) is 10.2. The van der Waals surface area contributed by atoms with E-state index >= 15 is 0 Å². The summed E-state index contributed by atoms with van der Waals surface area (Å²) >= 11 is 0. The summed E-state index contributed by atoms with van der Waals surface area (Å²) in [6.45, 7) is 1.69. The van der Waals surface area contributed by atoms with Crippen molar-refractivity contribution >= 4 is 17.7 Å². The highest BCUT2D eigenvalue weighted by molar-refractivity contribution is 5.93. The molecule has 114 valence electrons. The van der Waals surface area contributed by atoms with Gasteiger partial charge in [0.15, 0.2) is 0 Å². The van der Waals surface area contributed by atoms with Gasteiger partial charge in [-0.2, -0.15) is 0 Å². The Morgan fingerprint density at radius 2 is 2.29 bits per heavy atom. The molecule has 1 atom stereocenters. The second kappa shape index (κ2) is 7.64. The first-order valence-electron chi connectivity index (χ1n) is 7.15. The molecular formula is C15H21N3O3. The molecule has 6 heteroatoms. The molecule has 1 heterocycles. The predicted octanol–water partition coefficient (Wildman–Crippen LogP) is 1.74. The molecule has 0 saturated carbocycles. The maximum absolute atomic E-state index is 11.8. The number of esters is 1. The van der Waals surface area contributed by atoms with Crippen molar-refractivity contribution in [2.75, 3.05) is 25.5 Å². The van der Waals surface area contributed by atoms with Gasteiger partial charge in [0.1, 0.15) is 0 Å². The van der Waals surface area contributed by atoms with Gasteiger partial charge in [-0.25, -0.2) is 9.59 Å². The van der Waals surface area contributed by atoms with Crippen LogP contribution in [-0.4, -0.2) is 38.2 Å². The molecular weight excluding hydrogens is 270 g/mol. The third-order valence-electron chi connectivity index (χ3n) is 3.48. The Morgan fingerprint density at radius 3 is 3.00 bits per heavy atom. The van der Waals surface area contributed by atoms with Gasteiger partial charge in [-0.1, -0.05) is 6.07 Å². The normalized spacial score (nSPS) is 17.3. The number of anilines is 1. The number of methoxy groups -OCH3 is 1. The second-order valence-corrected chi connectivity index (χ2v) is 5.04. The first-order valence-corrected chi connectivity index (χ1v) is 7.15. The van der Waals surface area contributed by atoms with E-state index in [0.29, 0.717) is 23.8 Å². The third-order valence-corrected chi connectivity index (χ3v) is 3.48. The Labute approximate surface area is 124 Å². The van der Waals surface area contributed by atoms with Crippen LogP contribution < -0.4 is 16.0 Å². The van der Waals surface area contributed by atoms with Crippen molar-refractivity contribution < 1.29 is 14.3 Å². The lowest BCUT2D eigenvalue weighted by molar-refractivity contribution is 0.0600. The molecule has 0 bridgehead atoms. The number of rotatable bonds is 5. The van der Waals surface area contributed by atoms with Gasteiger partial charge in [0.2, 0.25) is 0 Å². The highest BCUT2D eigenvalue weighted by Crippen LogP contribution is 2.11. The van der Waals surface area contributed by atoms with E-state index in [1.165, 1.54) is 20.0 Å². The molecule has 1 saturated heterocycles. The maximum Gasteiger partial charge on any atom is 0.337 e. The third kappa shape index (κ3) is 4.75. The number of nitrogens with one attached hydrogen (secondary N) is 3. The summed E-state index contributed by atoms with van der Waals surface area (Å²) in [6.07, 6.45) is 3.30. The molecule has 0 radical (unpaired) electrons. The lowest BCUT2D eigenvalue weighted by Gasteiger charge is -2.11. The Bertz CT molecular complexity index is 499. The van der Waals surface area contributed by atoms with Crippen molar-refractivity contribution in [2.24, 2.45) is 0 Å². The van der Waals surface area contributed by atoms with Gasteiger partial charge in [0.25, 0.3) is 0 Å². The molecule has 2 rings (SSSR count). The summed E-state index contributed by atoms with van der Waals surface area (Å²) in [4.78, 5) is 23.2. The van der Waals surface area contributed by atoms with Crippen LogP contribution in [0.5, 0.6) is 0 Å². The van der Waals surface area contributed by atoms with E-state index in [2.05, 4.69) is 20.7 Å². The zero-order valence-electron chi connectivity index (χ0n) is 12.1. The van der Waals surface area contributed by atoms with Crippen molar-refractivity contribution in [3.05, 3.63) is 29.8 Å². The number of amides is 2. The number of carbonyl (C=O) groups is 2. The number of urea groups is 1. The molecule has 1 aliphatic heterocycles. The zero-order chi connectivity index (χ0) is 15.1. The number of hydrogen-bond acceptors (Lipinski definition) is 4. The fourth-order valence-corrected chi connectivity index (χ4v) is 2.38. The predicted molar refractivity (Wildman–Crippen MR) is 80.4 cm³/mol. The lowest BCUT2D eigenvalue weighted by Crippen LogP contribution is -2.33. The van der Waals surface area contributed by atoms with E-state index in [1.54, 1.807) is 24.3 Å². The minimum absolute atomic E-state index is 0.269. The fourth-order valence-electron chi connectivity index (χ4n) is 2.38. The average Bonchev–Trinajstić information content (AvgIpc) is 3.00. The number of carbonyl (C=O) groups excluding carboxylic acids is 2. The summed E-state index contributed by atoms with van der Waals surface area (Å²) in [6, 6.07) is 6.89. The zero-order valence-corrected chi connectivity index (χ0v) is 12.1. The van der Waals surface area contributed by atoms with Gasteiger partial charge >= 0.3 is 12.0 Å². The Kier molecular flexibility index (Phi) is 5.57. The maximum atomic E-state index is 11.8. The van der Waals surface area contributed by atoms with Crippen LogP contribution in [0.15, 0.2) is 24.3 Å². The van der Waals surface area contributed by atoms with Gasteiger partial charge in [-0.05, 0) is 44.0 Å². The van der Waals surface area contributed by atoms with Crippen LogP contribution in [0.25, 0.3) is 0 Å². The van der Waals surface area contributed by atoms with E-state index in [0.717, 1.165) is 13.0 Å². The van der Waals surface area contributed by atoms with Crippen LogP contribution in [0.4, 0.5) is 10.5 Å². The molecule has 0 unspecified atom stereocenters. The molecule has 0 aromatic heterocycles. The summed E-state index contributed by atoms with van der Waals surface area (Å²) in [7, 11) is 1.33. The van der Waals surface area contributed by atoms with Crippen molar-refractivity contribution in [2.45, 2.75) is 25.3 Å². The quantitative estimate of drug-likeness (QED) is 0.722. The molecule has 21 heavy (non-hydrogen) atoms. The molecule has 0 spiro atoms. The van der Waals surface area contributed by atoms with Gasteiger partial charge in [0, 0.05) is 18.3 Å².